The minimum Gasteiger partial charge on any atom is -0.390 e. The van der Waals surface area contributed by atoms with E-state index in [0.29, 0.717) is 6.61 Å². The number of ether oxygens (including phenoxy) is 1. The Balaban J connectivity index is 2.20. The summed E-state index contributed by atoms with van der Waals surface area (Å²) in [4.78, 5) is 0. The fourth-order valence-electron chi connectivity index (χ4n) is 1.35. The largest absolute Gasteiger partial charge is 0.390 e. The van der Waals surface area contributed by atoms with Gasteiger partial charge >= 0.3 is 0 Å². The third-order valence-electron chi connectivity index (χ3n) is 1.96. The number of hydrogen-bond acceptors (Lipinski definition) is 2. The molecule has 2 heteroatoms. The Labute approximate surface area is 67.9 Å². The minimum atomic E-state index is -0.241. The van der Waals surface area contributed by atoms with Crippen LogP contribution in [0, 0.1) is 0 Å². The van der Waals surface area contributed by atoms with Crippen LogP contribution in [0.5, 0.6) is 0 Å². The Hall–Kier alpha value is -0.340. The number of hydrogen-bond donors (Lipinski definition) is 1. The van der Waals surface area contributed by atoms with Crippen LogP contribution in [0.25, 0.3) is 0 Å². The molecule has 1 fully saturated rings. The number of aliphatic hydroxyl groups excluding tert-OH is 1. The van der Waals surface area contributed by atoms with Crippen molar-refractivity contribution in [3.63, 3.8) is 0 Å². The van der Waals surface area contributed by atoms with Gasteiger partial charge in [0.1, 0.15) is 0 Å². The molecule has 64 valence electrons. The van der Waals surface area contributed by atoms with E-state index in [0.717, 1.165) is 24.8 Å². The third kappa shape index (κ3) is 2.64. The van der Waals surface area contributed by atoms with E-state index in [-0.39, 0.29) is 12.2 Å². The summed E-state index contributed by atoms with van der Waals surface area (Å²) in [6.45, 7) is 6.25. The van der Waals surface area contributed by atoms with Gasteiger partial charge in [-0.15, -0.1) is 0 Å². The van der Waals surface area contributed by atoms with Gasteiger partial charge in [0.25, 0.3) is 0 Å². The van der Waals surface area contributed by atoms with Crippen molar-refractivity contribution in [1.82, 2.24) is 0 Å². The van der Waals surface area contributed by atoms with Crippen LogP contribution in [-0.2, 0) is 4.74 Å². The summed E-state index contributed by atoms with van der Waals surface area (Å²) in [7, 11) is 0. The molecule has 11 heavy (non-hydrogen) atoms. The average Bonchev–Trinajstić information content (AvgIpc) is 2.31. The fourth-order valence-corrected chi connectivity index (χ4v) is 1.35. The van der Waals surface area contributed by atoms with Crippen molar-refractivity contribution in [3.8, 4) is 0 Å². The summed E-state index contributed by atoms with van der Waals surface area (Å²) in [5.74, 6) is 0. The molecule has 1 aliphatic carbocycles. The molecular formula is C9H16O2. The molecule has 0 radical (unpaired) electrons. The molecule has 0 unspecified atom stereocenters. The van der Waals surface area contributed by atoms with Gasteiger partial charge in [-0.1, -0.05) is 12.2 Å². The maximum atomic E-state index is 9.35. The molecule has 0 aromatic carbocycles. The van der Waals surface area contributed by atoms with Gasteiger partial charge in [-0.05, 0) is 26.2 Å². The van der Waals surface area contributed by atoms with Crippen molar-refractivity contribution in [2.75, 3.05) is 6.61 Å². The van der Waals surface area contributed by atoms with Crippen LogP contribution in [0.1, 0.15) is 26.2 Å². The summed E-state index contributed by atoms with van der Waals surface area (Å²) in [5.41, 5.74) is 1.02. The van der Waals surface area contributed by atoms with Gasteiger partial charge < -0.3 is 9.84 Å². The smallest absolute Gasteiger partial charge is 0.0838 e. The number of rotatable bonds is 3. The summed E-state index contributed by atoms with van der Waals surface area (Å²) in [5, 5.41) is 9.35. The molecule has 0 saturated heterocycles. The number of aliphatic hydroxyl groups is 1. The molecule has 0 spiro atoms. The second-order valence-electron chi connectivity index (χ2n) is 3.30. The molecule has 0 aromatic heterocycles. The van der Waals surface area contributed by atoms with E-state index < -0.39 is 0 Å². The van der Waals surface area contributed by atoms with Gasteiger partial charge in [0.05, 0.1) is 18.8 Å². The van der Waals surface area contributed by atoms with Crippen LogP contribution >= 0.6 is 0 Å². The third-order valence-corrected chi connectivity index (χ3v) is 1.96. The quantitative estimate of drug-likeness (QED) is 0.627. The highest BCUT2D eigenvalue weighted by Crippen LogP contribution is 2.21. The summed E-state index contributed by atoms with van der Waals surface area (Å²) < 4.78 is 5.43. The van der Waals surface area contributed by atoms with Crippen LogP contribution in [0.3, 0.4) is 0 Å². The first kappa shape index (κ1) is 8.75. The predicted molar refractivity (Wildman–Crippen MR) is 44.4 cm³/mol. The van der Waals surface area contributed by atoms with E-state index in [4.69, 9.17) is 4.74 Å². The van der Waals surface area contributed by atoms with Crippen molar-refractivity contribution in [2.24, 2.45) is 0 Å². The first-order chi connectivity index (χ1) is 5.20. The monoisotopic (exact) mass is 156 g/mol. The predicted octanol–water partition coefficient (Wildman–Crippen LogP) is 1.49. The maximum absolute atomic E-state index is 9.35. The lowest BCUT2D eigenvalue weighted by Gasteiger charge is -2.14. The normalized spacial score (nSPS) is 30.7. The van der Waals surface area contributed by atoms with Gasteiger partial charge in [0, 0.05) is 0 Å². The highest BCUT2D eigenvalue weighted by Gasteiger charge is 2.25. The molecule has 1 N–H and O–H groups in total. The van der Waals surface area contributed by atoms with Crippen LogP contribution in [0.15, 0.2) is 12.2 Å². The van der Waals surface area contributed by atoms with Crippen LogP contribution < -0.4 is 0 Å². The molecule has 0 aliphatic heterocycles. The second kappa shape index (κ2) is 3.88. The van der Waals surface area contributed by atoms with E-state index in [2.05, 4.69) is 6.58 Å². The Bertz CT molecular complexity index is 142. The highest BCUT2D eigenvalue weighted by molar-refractivity contribution is 4.89. The summed E-state index contributed by atoms with van der Waals surface area (Å²) >= 11 is 0. The van der Waals surface area contributed by atoms with Crippen LogP contribution in [0.4, 0.5) is 0 Å². The Morgan fingerprint density at radius 3 is 2.82 bits per heavy atom. The lowest BCUT2D eigenvalue weighted by Crippen LogP contribution is -2.23. The first-order valence-electron chi connectivity index (χ1n) is 4.14. The summed E-state index contributed by atoms with van der Waals surface area (Å²) in [6.07, 6.45) is 2.79. The zero-order valence-electron chi connectivity index (χ0n) is 7.05. The van der Waals surface area contributed by atoms with Gasteiger partial charge in [-0.3, -0.25) is 0 Å². The molecule has 1 rings (SSSR count). The van der Waals surface area contributed by atoms with Gasteiger partial charge in [0.15, 0.2) is 0 Å². The molecule has 2 nitrogen and oxygen atoms in total. The summed E-state index contributed by atoms with van der Waals surface area (Å²) in [6, 6.07) is 0. The van der Waals surface area contributed by atoms with Gasteiger partial charge in [-0.25, -0.2) is 0 Å². The zero-order chi connectivity index (χ0) is 8.27. The van der Waals surface area contributed by atoms with E-state index in [1.165, 1.54) is 0 Å². The van der Waals surface area contributed by atoms with E-state index >= 15 is 0 Å². The Morgan fingerprint density at radius 2 is 2.36 bits per heavy atom. The highest BCUT2D eigenvalue weighted by atomic mass is 16.5. The van der Waals surface area contributed by atoms with Gasteiger partial charge in [-0.2, -0.15) is 0 Å². The van der Waals surface area contributed by atoms with Crippen LogP contribution in [-0.4, -0.2) is 23.9 Å². The van der Waals surface area contributed by atoms with Crippen molar-refractivity contribution in [1.29, 1.82) is 0 Å². The van der Waals surface area contributed by atoms with E-state index in [1.807, 2.05) is 6.92 Å². The zero-order valence-corrected chi connectivity index (χ0v) is 7.05. The van der Waals surface area contributed by atoms with Crippen molar-refractivity contribution in [3.05, 3.63) is 12.2 Å². The average molecular weight is 156 g/mol. The topological polar surface area (TPSA) is 29.5 Å². The maximum Gasteiger partial charge on any atom is 0.0838 e. The van der Waals surface area contributed by atoms with Crippen molar-refractivity contribution >= 4 is 0 Å². The van der Waals surface area contributed by atoms with Crippen molar-refractivity contribution in [2.45, 2.75) is 38.4 Å². The van der Waals surface area contributed by atoms with E-state index in [9.17, 15) is 5.11 Å². The van der Waals surface area contributed by atoms with Gasteiger partial charge in [0.2, 0.25) is 0 Å². The molecule has 2 atom stereocenters. The SMILES string of the molecule is C=C(C)CO[C@@H]1CCC[C@H]1O. The molecule has 1 aliphatic rings. The first-order valence-corrected chi connectivity index (χ1v) is 4.14. The Morgan fingerprint density at radius 1 is 1.64 bits per heavy atom. The minimum absolute atomic E-state index is 0.0618. The van der Waals surface area contributed by atoms with E-state index in [1.54, 1.807) is 0 Å². The fraction of sp³-hybridized carbons (Fsp3) is 0.778. The molecule has 0 amide bonds. The van der Waals surface area contributed by atoms with Crippen LogP contribution in [0.2, 0.25) is 0 Å². The standard InChI is InChI=1S/C9H16O2/c1-7(2)6-11-9-5-3-4-8(9)10/h8-10H,1,3-6H2,2H3/t8-,9-/m1/s1. The Kier molecular flexibility index (Phi) is 3.09. The van der Waals surface area contributed by atoms with Crippen molar-refractivity contribution < 1.29 is 9.84 Å². The lowest BCUT2D eigenvalue weighted by atomic mass is 10.2. The second-order valence-corrected chi connectivity index (χ2v) is 3.30. The lowest BCUT2D eigenvalue weighted by molar-refractivity contribution is -0.00867. The molecular weight excluding hydrogens is 140 g/mol. The molecule has 0 bridgehead atoms. The molecule has 0 aromatic rings. The molecule has 0 heterocycles. The molecule has 1 saturated carbocycles.